The highest BCUT2D eigenvalue weighted by Gasteiger charge is 2.16. The summed E-state index contributed by atoms with van der Waals surface area (Å²) in [6.45, 7) is -0.00403. The summed E-state index contributed by atoms with van der Waals surface area (Å²) < 4.78 is 32.0. The van der Waals surface area contributed by atoms with Gasteiger partial charge in [0.05, 0.1) is 23.3 Å². The lowest BCUT2D eigenvalue weighted by Gasteiger charge is -2.09. The van der Waals surface area contributed by atoms with Crippen LogP contribution in [0.15, 0.2) is 76.2 Å². The summed E-state index contributed by atoms with van der Waals surface area (Å²) in [6, 6.07) is 14.3. The van der Waals surface area contributed by atoms with Gasteiger partial charge in [-0.1, -0.05) is 12.1 Å². The van der Waals surface area contributed by atoms with Crippen LogP contribution in [0.3, 0.4) is 0 Å². The van der Waals surface area contributed by atoms with E-state index >= 15 is 0 Å². The Morgan fingerprint density at radius 1 is 0.897 bits per heavy atom. The van der Waals surface area contributed by atoms with E-state index in [-0.39, 0.29) is 28.3 Å². The Morgan fingerprint density at radius 3 is 2.24 bits per heavy atom. The van der Waals surface area contributed by atoms with Crippen LogP contribution in [0.25, 0.3) is 0 Å². The maximum Gasteiger partial charge on any atom is 0.273 e. The predicted molar refractivity (Wildman–Crippen MR) is 102 cm³/mol. The molecule has 0 aliphatic rings. The van der Waals surface area contributed by atoms with E-state index in [0.717, 1.165) is 0 Å². The molecule has 3 rings (SSSR count). The van der Waals surface area contributed by atoms with Gasteiger partial charge in [-0.2, -0.15) is 0 Å². The molecule has 1 aromatic heterocycles. The molecule has 1 heterocycles. The van der Waals surface area contributed by atoms with Crippen LogP contribution in [-0.2, 0) is 16.6 Å². The van der Waals surface area contributed by atoms with Crippen LogP contribution in [0.4, 0.5) is 0 Å². The van der Waals surface area contributed by atoms with Gasteiger partial charge in [0.2, 0.25) is 10.0 Å². The number of amides is 2. The Balaban J connectivity index is 1.59. The summed E-state index contributed by atoms with van der Waals surface area (Å²) in [4.78, 5) is 24.1. The van der Waals surface area contributed by atoms with Crippen molar-refractivity contribution < 1.29 is 27.5 Å². The van der Waals surface area contributed by atoms with E-state index in [2.05, 4.69) is 15.6 Å². The van der Waals surface area contributed by atoms with Gasteiger partial charge in [0.15, 0.2) is 0 Å². The van der Waals surface area contributed by atoms with E-state index < -0.39 is 21.8 Å². The molecule has 10 heteroatoms. The first-order chi connectivity index (χ1) is 13.9. The number of hydrazine groups is 1. The number of hydrogen-bond donors (Lipinski definition) is 4. The molecular weight excluding hydrogens is 398 g/mol. The van der Waals surface area contributed by atoms with Crippen molar-refractivity contribution in [3.63, 3.8) is 0 Å². The molecule has 2 aromatic carbocycles. The van der Waals surface area contributed by atoms with Gasteiger partial charge in [0, 0.05) is 5.56 Å². The second-order valence-corrected chi connectivity index (χ2v) is 7.62. The largest absolute Gasteiger partial charge is 0.507 e. The molecule has 150 valence electrons. The van der Waals surface area contributed by atoms with Crippen LogP contribution in [-0.4, -0.2) is 25.3 Å². The molecule has 29 heavy (non-hydrogen) atoms. The lowest BCUT2D eigenvalue weighted by molar-refractivity contribution is 0.0845. The van der Waals surface area contributed by atoms with Gasteiger partial charge >= 0.3 is 0 Å². The first-order valence-corrected chi connectivity index (χ1v) is 9.86. The summed E-state index contributed by atoms with van der Waals surface area (Å²) in [6.07, 6.45) is 1.44. The molecule has 0 radical (unpaired) electrons. The van der Waals surface area contributed by atoms with E-state index in [1.165, 1.54) is 42.7 Å². The number of phenolic OH excluding ortho intramolecular Hbond substituents is 1. The Labute approximate surface area is 166 Å². The zero-order valence-electron chi connectivity index (χ0n) is 15.0. The third kappa shape index (κ3) is 5.00. The van der Waals surface area contributed by atoms with Crippen molar-refractivity contribution in [2.24, 2.45) is 0 Å². The number of carbonyl (C=O) groups excluding carboxylic acids is 2. The highest BCUT2D eigenvalue weighted by molar-refractivity contribution is 7.89. The number of rotatable bonds is 6. The fourth-order valence-electron chi connectivity index (χ4n) is 2.37. The molecule has 0 spiro atoms. The number of hydrogen-bond acceptors (Lipinski definition) is 6. The minimum Gasteiger partial charge on any atom is -0.507 e. The van der Waals surface area contributed by atoms with E-state index in [4.69, 9.17) is 4.42 Å². The number of aromatic hydroxyl groups is 1. The molecule has 4 N–H and O–H groups in total. The minimum atomic E-state index is -3.78. The fraction of sp³-hybridized carbons (Fsp3) is 0.0526. The summed E-state index contributed by atoms with van der Waals surface area (Å²) in [5, 5.41) is 9.63. The minimum absolute atomic E-state index is 0.00290. The van der Waals surface area contributed by atoms with Crippen molar-refractivity contribution in [2.45, 2.75) is 11.4 Å². The molecule has 9 nitrogen and oxygen atoms in total. The molecule has 0 aliphatic carbocycles. The van der Waals surface area contributed by atoms with Gasteiger partial charge in [-0.3, -0.25) is 20.4 Å². The Kier molecular flexibility index (Phi) is 5.96. The average molecular weight is 415 g/mol. The van der Waals surface area contributed by atoms with Crippen LogP contribution < -0.4 is 15.6 Å². The van der Waals surface area contributed by atoms with Crippen molar-refractivity contribution in [1.29, 1.82) is 0 Å². The third-order valence-electron chi connectivity index (χ3n) is 3.88. The van der Waals surface area contributed by atoms with Crippen molar-refractivity contribution in [2.75, 3.05) is 0 Å². The molecule has 0 fully saturated rings. The van der Waals surface area contributed by atoms with Gasteiger partial charge in [-0.05, 0) is 48.5 Å². The van der Waals surface area contributed by atoms with Gasteiger partial charge in [0.25, 0.3) is 11.8 Å². The number of para-hydroxylation sites is 1. The van der Waals surface area contributed by atoms with Gasteiger partial charge in [-0.25, -0.2) is 13.1 Å². The number of benzene rings is 2. The lowest BCUT2D eigenvalue weighted by Crippen LogP contribution is -2.41. The van der Waals surface area contributed by atoms with Gasteiger partial charge in [0.1, 0.15) is 11.5 Å². The first-order valence-electron chi connectivity index (χ1n) is 8.37. The topological polar surface area (TPSA) is 138 Å². The van der Waals surface area contributed by atoms with Crippen LogP contribution in [0.5, 0.6) is 5.75 Å². The molecule has 0 bridgehead atoms. The zero-order chi connectivity index (χ0) is 20.9. The highest BCUT2D eigenvalue weighted by atomic mass is 32.2. The van der Waals surface area contributed by atoms with Crippen LogP contribution in [0.2, 0.25) is 0 Å². The van der Waals surface area contributed by atoms with Crippen molar-refractivity contribution in [3.05, 3.63) is 83.8 Å². The summed E-state index contributed by atoms with van der Waals surface area (Å²) in [5.74, 6) is -1.11. The Morgan fingerprint density at radius 2 is 1.59 bits per heavy atom. The summed E-state index contributed by atoms with van der Waals surface area (Å²) in [5.41, 5.74) is 4.51. The molecule has 0 saturated carbocycles. The number of carbonyl (C=O) groups is 2. The van der Waals surface area contributed by atoms with Gasteiger partial charge < -0.3 is 9.52 Å². The number of furan rings is 1. The van der Waals surface area contributed by atoms with Crippen molar-refractivity contribution >= 4 is 21.8 Å². The standard InChI is InChI=1S/C19H17N3O6S/c23-17-6-2-1-5-16(17)19(25)22-21-18(24)13-7-9-15(10-8-13)29(26,27)20-12-14-4-3-11-28-14/h1-11,20,23H,12H2,(H,21,24)(H,22,25). The molecule has 2 amide bonds. The second kappa shape index (κ2) is 8.59. The molecule has 0 unspecified atom stereocenters. The zero-order valence-corrected chi connectivity index (χ0v) is 15.8. The Hall–Kier alpha value is -3.63. The molecule has 0 saturated heterocycles. The number of phenols is 1. The highest BCUT2D eigenvalue weighted by Crippen LogP contribution is 2.15. The Bertz CT molecular complexity index is 1110. The smallest absolute Gasteiger partial charge is 0.273 e. The van der Waals surface area contributed by atoms with Gasteiger partial charge in [-0.15, -0.1) is 0 Å². The quantitative estimate of drug-likeness (QED) is 0.451. The second-order valence-electron chi connectivity index (χ2n) is 5.85. The normalized spacial score (nSPS) is 11.0. The molecule has 3 aromatic rings. The number of sulfonamides is 1. The lowest BCUT2D eigenvalue weighted by atomic mass is 10.2. The summed E-state index contributed by atoms with van der Waals surface area (Å²) in [7, 11) is -3.78. The molecular formula is C19H17N3O6S. The third-order valence-corrected chi connectivity index (χ3v) is 5.30. The first kappa shape index (κ1) is 20.1. The van der Waals surface area contributed by atoms with Crippen LogP contribution >= 0.6 is 0 Å². The maximum atomic E-state index is 12.3. The van der Waals surface area contributed by atoms with Crippen molar-refractivity contribution in [3.8, 4) is 5.75 Å². The fourth-order valence-corrected chi connectivity index (χ4v) is 3.36. The number of nitrogens with one attached hydrogen (secondary N) is 3. The van der Waals surface area contributed by atoms with Crippen LogP contribution in [0, 0.1) is 0 Å². The maximum absolute atomic E-state index is 12.3. The SMILES string of the molecule is O=C(NNC(=O)c1ccccc1O)c1ccc(S(=O)(=O)NCc2ccco2)cc1. The monoisotopic (exact) mass is 415 g/mol. The molecule has 0 aliphatic heterocycles. The summed E-state index contributed by atoms with van der Waals surface area (Å²) >= 11 is 0. The predicted octanol–water partition coefficient (Wildman–Crippen LogP) is 1.54. The van der Waals surface area contributed by atoms with E-state index in [1.807, 2.05) is 0 Å². The average Bonchev–Trinajstić information content (AvgIpc) is 3.24. The van der Waals surface area contributed by atoms with Crippen molar-refractivity contribution in [1.82, 2.24) is 15.6 Å². The van der Waals surface area contributed by atoms with Crippen LogP contribution in [0.1, 0.15) is 26.5 Å². The van der Waals surface area contributed by atoms with E-state index in [0.29, 0.717) is 5.76 Å². The van der Waals surface area contributed by atoms with E-state index in [9.17, 15) is 23.1 Å². The molecule has 0 atom stereocenters. The van der Waals surface area contributed by atoms with E-state index in [1.54, 1.807) is 24.3 Å².